The van der Waals surface area contributed by atoms with E-state index in [-0.39, 0.29) is 12.4 Å². The maximum absolute atomic E-state index is 11.6. The van der Waals surface area contributed by atoms with Gasteiger partial charge in [-0.25, -0.2) is 0 Å². The average Bonchev–Trinajstić information content (AvgIpc) is 3.37. The van der Waals surface area contributed by atoms with Crippen molar-refractivity contribution in [2.24, 2.45) is 0 Å². The van der Waals surface area contributed by atoms with Crippen molar-refractivity contribution in [2.45, 2.75) is 58.3 Å². The number of carbonyl (C=O) groups is 2. The summed E-state index contributed by atoms with van der Waals surface area (Å²) in [7, 11) is 4.37. The van der Waals surface area contributed by atoms with Crippen molar-refractivity contribution in [1.29, 1.82) is 0 Å². The lowest BCUT2D eigenvalue weighted by Gasteiger charge is -2.32. The molecule has 2 aromatic rings. The Morgan fingerprint density at radius 1 is 0.902 bits per heavy atom. The summed E-state index contributed by atoms with van der Waals surface area (Å²) >= 11 is 0. The third-order valence-electron chi connectivity index (χ3n) is 7.37. The van der Waals surface area contributed by atoms with Crippen molar-refractivity contribution in [2.75, 3.05) is 35.0 Å². The number of carbonyl (C=O) groups excluding carboxylic acids is 2. The molecule has 11 nitrogen and oxygen atoms in total. The molecule has 0 amide bonds. The van der Waals surface area contributed by atoms with Gasteiger partial charge in [-0.2, -0.15) is 0 Å². The molecule has 1 saturated heterocycles. The Morgan fingerprint density at radius 2 is 1.44 bits per heavy atom. The normalized spacial score (nSPS) is 18.1. The van der Waals surface area contributed by atoms with E-state index in [2.05, 4.69) is 0 Å². The molecule has 2 aliphatic rings. The average molecular weight is 572 g/mol. The summed E-state index contributed by atoms with van der Waals surface area (Å²) in [5, 5.41) is 9.95. The van der Waals surface area contributed by atoms with E-state index in [9.17, 15) is 14.6 Å². The highest BCUT2D eigenvalue weighted by Crippen LogP contribution is 2.38. The van der Waals surface area contributed by atoms with Crippen molar-refractivity contribution in [1.82, 2.24) is 0 Å². The Hall–Kier alpha value is -3.25. The lowest BCUT2D eigenvalue weighted by Crippen LogP contribution is -2.41. The summed E-state index contributed by atoms with van der Waals surface area (Å²) < 4.78 is 43.3. The molecule has 0 aliphatic carbocycles. The Labute approximate surface area is 241 Å². The lowest BCUT2D eigenvalue weighted by molar-refractivity contribution is -0.145. The van der Waals surface area contributed by atoms with Gasteiger partial charge in [-0.3, -0.25) is 9.59 Å². The first kappa shape index (κ1) is 32.3. The molecule has 1 fully saturated rings. The van der Waals surface area contributed by atoms with E-state index < -0.39 is 31.5 Å². The monoisotopic (exact) mass is 572 g/mol. The molecular formula is C28H38B2O11. The standard InChI is InChI=1S/C15H21BO5.C13H17BO6/c1-14(2)15(3,4)21-16(20-14)12-7-10(18-5)8-13(19-6)11(12)9-17;1-4-19-12(15)7-11-13-9(14(16)20-11)5-8(17-2)6-10(13)18-3/h7-9H,1-6H3;5-6,11,16H,4,7H2,1-3H3. The van der Waals surface area contributed by atoms with Crippen LogP contribution in [-0.2, 0) is 23.5 Å². The second kappa shape index (κ2) is 13.2. The van der Waals surface area contributed by atoms with Gasteiger partial charge in [0.25, 0.3) is 0 Å². The molecule has 222 valence electrons. The maximum Gasteiger partial charge on any atom is 0.495 e. The Morgan fingerprint density at radius 3 is 1.93 bits per heavy atom. The number of aldehydes is 1. The van der Waals surface area contributed by atoms with Crippen LogP contribution in [0.2, 0.25) is 0 Å². The predicted molar refractivity (Wildman–Crippen MR) is 153 cm³/mol. The number of benzene rings is 2. The number of ether oxygens (including phenoxy) is 5. The molecular weight excluding hydrogens is 534 g/mol. The molecule has 1 atom stereocenters. The summed E-state index contributed by atoms with van der Waals surface area (Å²) in [6.45, 7) is 9.90. The zero-order valence-electron chi connectivity index (χ0n) is 25.1. The fraction of sp³-hybridized carbons (Fsp3) is 0.500. The van der Waals surface area contributed by atoms with Crippen LogP contribution in [0.3, 0.4) is 0 Å². The van der Waals surface area contributed by atoms with Gasteiger partial charge in [0, 0.05) is 23.2 Å². The van der Waals surface area contributed by atoms with Gasteiger partial charge >= 0.3 is 20.2 Å². The zero-order valence-corrected chi connectivity index (χ0v) is 25.1. The summed E-state index contributed by atoms with van der Waals surface area (Å²) in [6, 6.07) is 6.78. The minimum absolute atomic E-state index is 0.0284. The van der Waals surface area contributed by atoms with E-state index >= 15 is 0 Å². The number of hydrogen-bond acceptors (Lipinski definition) is 11. The molecule has 2 aromatic carbocycles. The second-order valence-electron chi connectivity index (χ2n) is 10.4. The Bertz CT molecular complexity index is 1230. The molecule has 0 aromatic heterocycles. The highest BCUT2D eigenvalue weighted by molar-refractivity contribution is 6.63. The van der Waals surface area contributed by atoms with Crippen LogP contribution in [0, 0.1) is 0 Å². The maximum atomic E-state index is 11.6. The molecule has 2 aliphatic heterocycles. The van der Waals surface area contributed by atoms with Crippen LogP contribution in [-0.4, -0.2) is 77.8 Å². The Kier molecular flexibility index (Phi) is 10.4. The summed E-state index contributed by atoms with van der Waals surface area (Å²) in [5.74, 6) is 1.72. The molecule has 13 heteroatoms. The third-order valence-corrected chi connectivity index (χ3v) is 7.37. The van der Waals surface area contributed by atoms with Gasteiger partial charge < -0.3 is 42.7 Å². The fourth-order valence-corrected chi connectivity index (χ4v) is 4.48. The minimum Gasteiger partial charge on any atom is -0.497 e. The van der Waals surface area contributed by atoms with Gasteiger partial charge in [-0.15, -0.1) is 0 Å². The van der Waals surface area contributed by atoms with Crippen LogP contribution in [0.25, 0.3) is 0 Å². The van der Waals surface area contributed by atoms with Gasteiger partial charge in [-0.1, -0.05) is 0 Å². The summed E-state index contributed by atoms with van der Waals surface area (Å²) in [4.78, 5) is 23.0. The van der Waals surface area contributed by atoms with Gasteiger partial charge in [0.2, 0.25) is 0 Å². The van der Waals surface area contributed by atoms with Crippen LogP contribution in [0.4, 0.5) is 0 Å². The molecule has 0 bridgehead atoms. The molecule has 0 radical (unpaired) electrons. The van der Waals surface area contributed by atoms with Crippen LogP contribution in [0.1, 0.15) is 63.1 Å². The quantitative estimate of drug-likeness (QED) is 0.270. The topological polar surface area (TPSA) is 128 Å². The molecule has 1 N–H and O–H groups in total. The van der Waals surface area contributed by atoms with E-state index in [1.807, 2.05) is 27.7 Å². The van der Waals surface area contributed by atoms with Crippen LogP contribution in [0.15, 0.2) is 24.3 Å². The van der Waals surface area contributed by atoms with Crippen molar-refractivity contribution in [3.8, 4) is 23.0 Å². The van der Waals surface area contributed by atoms with E-state index in [1.165, 1.54) is 21.3 Å². The Balaban J connectivity index is 0.000000226. The first-order valence-electron chi connectivity index (χ1n) is 13.2. The van der Waals surface area contributed by atoms with Crippen LogP contribution < -0.4 is 29.9 Å². The van der Waals surface area contributed by atoms with Crippen LogP contribution >= 0.6 is 0 Å². The summed E-state index contributed by atoms with van der Waals surface area (Å²) in [5.41, 5.74) is 1.28. The minimum atomic E-state index is -1.10. The number of methoxy groups -OCH3 is 4. The van der Waals surface area contributed by atoms with Gasteiger partial charge in [-0.05, 0) is 52.2 Å². The van der Waals surface area contributed by atoms with Gasteiger partial charge in [0.15, 0.2) is 6.29 Å². The fourth-order valence-electron chi connectivity index (χ4n) is 4.48. The van der Waals surface area contributed by atoms with E-state index in [0.29, 0.717) is 51.7 Å². The molecule has 2 heterocycles. The molecule has 0 spiro atoms. The van der Waals surface area contributed by atoms with Crippen molar-refractivity contribution in [3.05, 3.63) is 35.4 Å². The number of esters is 1. The van der Waals surface area contributed by atoms with Crippen molar-refractivity contribution in [3.63, 3.8) is 0 Å². The number of rotatable bonds is 9. The van der Waals surface area contributed by atoms with E-state index in [0.717, 1.165) is 6.29 Å². The number of hydrogen-bond donors (Lipinski definition) is 1. The highest BCUT2D eigenvalue weighted by atomic mass is 16.7. The molecule has 1 unspecified atom stereocenters. The smallest absolute Gasteiger partial charge is 0.495 e. The lowest BCUT2D eigenvalue weighted by atomic mass is 9.75. The zero-order chi connectivity index (χ0) is 30.5. The van der Waals surface area contributed by atoms with Gasteiger partial charge in [0.1, 0.15) is 23.0 Å². The second-order valence-corrected chi connectivity index (χ2v) is 10.4. The molecule has 4 rings (SSSR count). The first-order chi connectivity index (χ1) is 19.4. The first-order valence-corrected chi connectivity index (χ1v) is 13.2. The number of fused-ring (bicyclic) bond motifs is 1. The molecule has 41 heavy (non-hydrogen) atoms. The summed E-state index contributed by atoms with van der Waals surface area (Å²) in [6.07, 6.45) is 0.194. The highest BCUT2D eigenvalue weighted by Gasteiger charge is 2.52. The van der Waals surface area contributed by atoms with E-state index in [4.69, 9.17) is 37.6 Å². The van der Waals surface area contributed by atoms with Gasteiger partial charge in [0.05, 0.1) is 64.3 Å². The van der Waals surface area contributed by atoms with Crippen LogP contribution in [0.5, 0.6) is 23.0 Å². The largest absolute Gasteiger partial charge is 0.497 e. The van der Waals surface area contributed by atoms with E-state index in [1.54, 1.807) is 38.3 Å². The predicted octanol–water partition coefficient (Wildman–Crippen LogP) is 2.23. The SMILES string of the molecule is CCOC(=O)CC1OB(O)c2cc(OC)cc(OC)c21.COc1cc(OC)c(C=O)c(B2OC(C)(C)C(C)(C)O2)c1. The van der Waals surface area contributed by atoms with Crippen molar-refractivity contribution < 1.29 is 52.3 Å². The molecule has 0 saturated carbocycles. The third kappa shape index (κ3) is 6.81. The van der Waals surface area contributed by atoms with Crippen molar-refractivity contribution >= 4 is 37.4 Å².